The van der Waals surface area contributed by atoms with E-state index >= 15 is 0 Å². The molecule has 0 aromatic heterocycles. The Labute approximate surface area is 400 Å². The lowest BCUT2D eigenvalue weighted by Gasteiger charge is -2.21. The summed E-state index contributed by atoms with van der Waals surface area (Å²) in [6.07, 6.45) is 0. The highest BCUT2D eigenvalue weighted by Gasteiger charge is 2.22. The van der Waals surface area contributed by atoms with Crippen LogP contribution in [0.4, 0.5) is 0 Å². The summed E-state index contributed by atoms with van der Waals surface area (Å²) in [6.45, 7) is 9.14. The smallest absolute Gasteiger partial charge is 0.00608 e. The fourth-order valence-corrected chi connectivity index (χ4v) is 10.8. The van der Waals surface area contributed by atoms with Crippen molar-refractivity contribution in [1.29, 1.82) is 0 Å². The Morgan fingerprint density at radius 2 is 0.368 bits per heavy atom. The minimum absolute atomic E-state index is 1.26. The van der Waals surface area contributed by atoms with Crippen LogP contribution in [0.15, 0.2) is 243 Å². The molecule has 0 heterocycles. The molecule has 0 bridgehead atoms. The molecule has 0 aliphatic rings. The van der Waals surface area contributed by atoms with Crippen LogP contribution in [0.3, 0.4) is 0 Å². The van der Waals surface area contributed by atoms with Crippen LogP contribution in [-0.4, -0.2) is 0 Å². The minimum atomic E-state index is 1.26. The molecular formula is C68H52. The van der Waals surface area contributed by atoms with Crippen molar-refractivity contribution in [3.8, 4) is 66.8 Å². The van der Waals surface area contributed by atoms with Gasteiger partial charge in [-0.3, -0.25) is 0 Å². The van der Waals surface area contributed by atoms with Gasteiger partial charge in [0.15, 0.2) is 0 Å². The summed E-state index contributed by atoms with van der Waals surface area (Å²) in [4.78, 5) is 0. The maximum absolute atomic E-state index is 2.35. The van der Waals surface area contributed by atoms with Gasteiger partial charge in [-0.2, -0.15) is 0 Å². The van der Waals surface area contributed by atoms with Crippen LogP contribution in [0.2, 0.25) is 0 Å². The molecule has 0 saturated carbocycles. The number of benzene rings is 12. The Bertz CT molecular complexity index is 3280. The van der Waals surface area contributed by atoms with E-state index in [2.05, 4.69) is 270 Å². The molecular weight excluding hydrogens is 817 g/mol. The van der Waals surface area contributed by atoms with Gasteiger partial charge in [-0.05, 0) is 184 Å². The summed E-state index contributed by atoms with van der Waals surface area (Å²) in [6, 6.07) is 87.7. The first kappa shape index (κ1) is 42.3. The third-order valence-electron chi connectivity index (χ3n) is 14.1. The van der Waals surface area contributed by atoms with E-state index in [-0.39, 0.29) is 0 Å². The third kappa shape index (κ3) is 7.65. The van der Waals surface area contributed by atoms with Crippen molar-refractivity contribution in [2.75, 3.05) is 0 Å². The first-order valence-electron chi connectivity index (χ1n) is 23.8. The van der Waals surface area contributed by atoms with Crippen molar-refractivity contribution in [2.45, 2.75) is 27.7 Å². The Kier molecular flexibility index (Phi) is 11.3. The predicted octanol–water partition coefficient (Wildman–Crippen LogP) is 19.2. The lowest BCUT2D eigenvalue weighted by molar-refractivity contribution is 1.43. The van der Waals surface area contributed by atoms with Gasteiger partial charge in [-0.15, -0.1) is 0 Å². The largest absolute Gasteiger partial charge is 0.0622 e. The van der Waals surface area contributed by atoms with Crippen molar-refractivity contribution in [1.82, 2.24) is 0 Å². The molecule has 12 rings (SSSR count). The van der Waals surface area contributed by atoms with Crippen LogP contribution in [0, 0.1) is 27.7 Å². The second kappa shape index (κ2) is 18.2. The highest BCUT2D eigenvalue weighted by molar-refractivity contribution is 6.13. The summed E-state index contributed by atoms with van der Waals surface area (Å²) >= 11 is 0. The molecule has 0 spiro atoms. The van der Waals surface area contributed by atoms with Gasteiger partial charge >= 0.3 is 0 Å². The zero-order valence-electron chi connectivity index (χ0n) is 39.1. The van der Waals surface area contributed by atoms with Gasteiger partial charge in [-0.25, -0.2) is 0 Å². The fraction of sp³-hybridized carbons (Fsp3) is 0.0588. The van der Waals surface area contributed by atoms with E-state index in [9.17, 15) is 0 Å². The third-order valence-corrected chi connectivity index (χ3v) is 14.1. The zero-order chi connectivity index (χ0) is 46.1. The molecule has 68 heavy (non-hydrogen) atoms. The number of fused-ring (bicyclic) bond motifs is 4. The second-order valence-electron chi connectivity index (χ2n) is 18.0. The highest BCUT2D eigenvalue weighted by atomic mass is 14.2. The van der Waals surface area contributed by atoms with Gasteiger partial charge in [0.2, 0.25) is 0 Å². The highest BCUT2D eigenvalue weighted by Crippen LogP contribution is 2.47. The van der Waals surface area contributed by atoms with E-state index in [1.165, 1.54) is 132 Å². The van der Waals surface area contributed by atoms with Gasteiger partial charge in [0.05, 0.1) is 0 Å². The minimum Gasteiger partial charge on any atom is -0.0622 e. The standard InChI is InChI=1S/2C34H26/c2*1-23-31(25-13-5-3-6-14-25)21-27-17-9-11-19-29(27)33(23)34-24(2)32(26-15-7-4-8-16-26)22-28-18-10-12-20-30(28)34/h2*3-22H,1-2H3. The van der Waals surface area contributed by atoms with Gasteiger partial charge < -0.3 is 0 Å². The first-order valence-corrected chi connectivity index (χ1v) is 23.8. The zero-order valence-corrected chi connectivity index (χ0v) is 39.1. The van der Waals surface area contributed by atoms with E-state index in [1.807, 2.05) is 0 Å². The molecule has 0 nitrogen and oxygen atoms in total. The average molecular weight is 869 g/mol. The first-order chi connectivity index (χ1) is 33.4. The van der Waals surface area contributed by atoms with Crippen LogP contribution >= 0.6 is 0 Å². The van der Waals surface area contributed by atoms with Gasteiger partial charge in [0, 0.05) is 0 Å². The van der Waals surface area contributed by atoms with Crippen LogP contribution in [0.5, 0.6) is 0 Å². The quantitative estimate of drug-likeness (QED) is 0.156. The normalized spacial score (nSPS) is 11.2. The SMILES string of the molecule is Cc1c(-c2ccccc2)cc2ccccc2c1-c1c(C)c(-c2ccccc2)cc2ccccc12.Cc1c(-c2ccccc2)cc2ccccc2c1-c1c(C)c(-c2ccccc2)cc2ccccc12. The number of hydrogen-bond acceptors (Lipinski definition) is 0. The maximum Gasteiger partial charge on any atom is -0.00608 e. The maximum atomic E-state index is 2.35. The summed E-state index contributed by atoms with van der Waals surface area (Å²) in [5.74, 6) is 0. The van der Waals surface area contributed by atoms with Gasteiger partial charge in [0.1, 0.15) is 0 Å². The number of hydrogen-bond donors (Lipinski definition) is 0. The molecule has 0 aliphatic heterocycles. The van der Waals surface area contributed by atoms with E-state index in [0.717, 1.165) is 0 Å². The molecule has 0 unspecified atom stereocenters. The Balaban J connectivity index is 0.000000149. The van der Waals surface area contributed by atoms with Crippen molar-refractivity contribution in [2.24, 2.45) is 0 Å². The van der Waals surface area contributed by atoms with Crippen LogP contribution < -0.4 is 0 Å². The number of rotatable bonds is 6. The summed E-state index contributed by atoms with van der Waals surface area (Å²) < 4.78 is 0. The molecule has 12 aromatic rings. The molecule has 12 aromatic carbocycles. The second-order valence-corrected chi connectivity index (χ2v) is 18.0. The van der Waals surface area contributed by atoms with E-state index < -0.39 is 0 Å². The van der Waals surface area contributed by atoms with Crippen molar-refractivity contribution >= 4 is 43.1 Å². The topological polar surface area (TPSA) is 0 Å². The Morgan fingerprint density at radius 3 is 0.574 bits per heavy atom. The molecule has 0 heteroatoms. The van der Waals surface area contributed by atoms with Crippen molar-refractivity contribution in [3.05, 3.63) is 265 Å². The summed E-state index contributed by atoms with van der Waals surface area (Å²) in [7, 11) is 0. The van der Waals surface area contributed by atoms with Crippen LogP contribution in [0.1, 0.15) is 22.3 Å². The Morgan fingerprint density at radius 1 is 0.191 bits per heavy atom. The summed E-state index contributed by atoms with van der Waals surface area (Å²) in [5.41, 5.74) is 20.8. The van der Waals surface area contributed by atoms with Gasteiger partial charge in [-0.1, -0.05) is 218 Å². The fourth-order valence-electron chi connectivity index (χ4n) is 10.8. The molecule has 0 amide bonds. The average Bonchev–Trinajstić information content (AvgIpc) is 3.40. The van der Waals surface area contributed by atoms with E-state index in [1.54, 1.807) is 0 Å². The van der Waals surface area contributed by atoms with Crippen LogP contribution in [0.25, 0.3) is 110 Å². The molecule has 0 aliphatic carbocycles. The molecule has 0 saturated heterocycles. The van der Waals surface area contributed by atoms with Crippen molar-refractivity contribution < 1.29 is 0 Å². The summed E-state index contributed by atoms with van der Waals surface area (Å²) in [5, 5.41) is 10.3. The Hall–Kier alpha value is -8.32. The predicted molar refractivity (Wildman–Crippen MR) is 294 cm³/mol. The lowest BCUT2D eigenvalue weighted by Crippen LogP contribution is -1.96. The monoisotopic (exact) mass is 868 g/mol. The molecule has 0 N–H and O–H groups in total. The molecule has 324 valence electrons. The lowest BCUT2D eigenvalue weighted by atomic mass is 9.82. The van der Waals surface area contributed by atoms with Gasteiger partial charge in [0.25, 0.3) is 0 Å². The van der Waals surface area contributed by atoms with E-state index in [4.69, 9.17) is 0 Å². The van der Waals surface area contributed by atoms with E-state index in [0.29, 0.717) is 0 Å². The molecule has 0 fully saturated rings. The van der Waals surface area contributed by atoms with Crippen molar-refractivity contribution in [3.63, 3.8) is 0 Å². The molecule has 0 radical (unpaired) electrons. The molecule has 0 atom stereocenters. The van der Waals surface area contributed by atoms with Crippen LogP contribution in [-0.2, 0) is 0 Å².